The zero-order valence-electron chi connectivity index (χ0n) is 12.0. The summed E-state index contributed by atoms with van der Waals surface area (Å²) in [5.74, 6) is 0.833. The van der Waals surface area contributed by atoms with E-state index in [2.05, 4.69) is 17.6 Å². The minimum absolute atomic E-state index is 0.0398. The van der Waals surface area contributed by atoms with Gasteiger partial charge in [0.05, 0.1) is 12.6 Å². The van der Waals surface area contributed by atoms with Gasteiger partial charge in [-0.3, -0.25) is 0 Å². The largest absolute Gasteiger partial charge is 0.494 e. The first-order valence-corrected chi connectivity index (χ1v) is 6.94. The SMILES string of the molecule is CCCCNC(=O)NC(C)c1cccc(OCC)c1. The predicted octanol–water partition coefficient (Wildman–Crippen LogP) is 3.25. The summed E-state index contributed by atoms with van der Waals surface area (Å²) in [6.45, 7) is 7.37. The smallest absolute Gasteiger partial charge is 0.315 e. The number of hydrogen-bond acceptors (Lipinski definition) is 2. The Labute approximate surface area is 115 Å². The van der Waals surface area contributed by atoms with Crippen molar-refractivity contribution < 1.29 is 9.53 Å². The lowest BCUT2D eigenvalue weighted by Crippen LogP contribution is -2.37. The maximum Gasteiger partial charge on any atom is 0.315 e. The molecule has 0 saturated heterocycles. The molecule has 19 heavy (non-hydrogen) atoms. The predicted molar refractivity (Wildman–Crippen MR) is 77.5 cm³/mol. The lowest BCUT2D eigenvalue weighted by Gasteiger charge is -2.16. The van der Waals surface area contributed by atoms with E-state index >= 15 is 0 Å². The molecule has 0 bridgehead atoms. The monoisotopic (exact) mass is 264 g/mol. The van der Waals surface area contributed by atoms with Crippen LogP contribution in [0.3, 0.4) is 0 Å². The molecule has 0 heterocycles. The Kier molecular flexibility index (Phi) is 6.79. The van der Waals surface area contributed by atoms with Crippen molar-refractivity contribution in [3.05, 3.63) is 29.8 Å². The number of amides is 2. The molecule has 1 aromatic carbocycles. The van der Waals surface area contributed by atoms with Crippen LogP contribution in [-0.4, -0.2) is 19.2 Å². The van der Waals surface area contributed by atoms with E-state index in [9.17, 15) is 4.79 Å². The number of hydrogen-bond donors (Lipinski definition) is 2. The molecule has 0 aromatic heterocycles. The van der Waals surface area contributed by atoms with Gasteiger partial charge in [0.2, 0.25) is 0 Å². The summed E-state index contributed by atoms with van der Waals surface area (Å²) in [6, 6.07) is 7.64. The number of carbonyl (C=O) groups is 1. The molecule has 2 N–H and O–H groups in total. The normalized spacial score (nSPS) is 11.7. The molecular formula is C15H24N2O2. The van der Waals surface area contributed by atoms with Gasteiger partial charge in [-0.15, -0.1) is 0 Å². The van der Waals surface area contributed by atoms with E-state index in [1.54, 1.807) is 0 Å². The van der Waals surface area contributed by atoms with Crippen molar-refractivity contribution in [1.82, 2.24) is 10.6 Å². The summed E-state index contributed by atoms with van der Waals surface area (Å²) < 4.78 is 5.45. The summed E-state index contributed by atoms with van der Waals surface area (Å²) in [7, 11) is 0. The van der Waals surface area contributed by atoms with E-state index in [-0.39, 0.29) is 12.1 Å². The van der Waals surface area contributed by atoms with Crippen molar-refractivity contribution in [2.45, 2.75) is 39.7 Å². The molecule has 0 spiro atoms. The Hall–Kier alpha value is -1.71. The van der Waals surface area contributed by atoms with Crippen LogP contribution in [0.2, 0.25) is 0 Å². The summed E-state index contributed by atoms with van der Waals surface area (Å²) in [5.41, 5.74) is 1.04. The van der Waals surface area contributed by atoms with Crippen molar-refractivity contribution in [2.75, 3.05) is 13.2 Å². The highest BCUT2D eigenvalue weighted by Crippen LogP contribution is 2.18. The summed E-state index contributed by atoms with van der Waals surface area (Å²) in [5, 5.41) is 5.76. The van der Waals surface area contributed by atoms with Crippen LogP contribution in [0.4, 0.5) is 4.79 Å². The minimum Gasteiger partial charge on any atom is -0.494 e. The molecule has 4 heteroatoms. The van der Waals surface area contributed by atoms with Crippen LogP contribution in [0.5, 0.6) is 5.75 Å². The Balaban J connectivity index is 2.50. The average Bonchev–Trinajstić information content (AvgIpc) is 2.39. The number of urea groups is 1. The quantitative estimate of drug-likeness (QED) is 0.743. The molecule has 0 radical (unpaired) electrons. The second kappa shape index (κ2) is 8.40. The molecule has 0 fully saturated rings. The number of benzene rings is 1. The molecule has 1 unspecified atom stereocenters. The van der Waals surface area contributed by atoms with Gasteiger partial charge in [-0.05, 0) is 38.0 Å². The number of carbonyl (C=O) groups excluding carboxylic acids is 1. The van der Waals surface area contributed by atoms with Crippen LogP contribution < -0.4 is 15.4 Å². The van der Waals surface area contributed by atoms with Crippen LogP contribution in [0.1, 0.15) is 45.2 Å². The molecule has 0 aliphatic heterocycles. The van der Waals surface area contributed by atoms with Crippen molar-refractivity contribution in [3.8, 4) is 5.75 Å². The molecule has 0 saturated carbocycles. The Morgan fingerprint density at radius 1 is 1.37 bits per heavy atom. The minimum atomic E-state index is -0.122. The average molecular weight is 264 g/mol. The number of nitrogens with one attached hydrogen (secondary N) is 2. The van der Waals surface area contributed by atoms with Gasteiger partial charge < -0.3 is 15.4 Å². The summed E-state index contributed by atoms with van der Waals surface area (Å²) >= 11 is 0. The summed E-state index contributed by atoms with van der Waals surface area (Å²) in [6.07, 6.45) is 2.08. The van der Waals surface area contributed by atoms with Crippen LogP contribution in [0.25, 0.3) is 0 Å². The van der Waals surface area contributed by atoms with Crippen molar-refractivity contribution >= 4 is 6.03 Å². The highest BCUT2D eigenvalue weighted by molar-refractivity contribution is 5.74. The van der Waals surface area contributed by atoms with E-state index in [1.165, 1.54) is 0 Å². The molecule has 0 aliphatic rings. The molecular weight excluding hydrogens is 240 g/mol. The van der Waals surface area contributed by atoms with Crippen LogP contribution >= 0.6 is 0 Å². The van der Waals surface area contributed by atoms with Gasteiger partial charge in [-0.25, -0.2) is 4.79 Å². The first-order valence-electron chi connectivity index (χ1n) is 6.94. The number of unbranched alkanes of at least 4 members (excludes halogenated alkanes) is 1. The first-order chi connectivity index (χ1) is 9.17. The van der Waals surface area contributed by atoms with E-state index in [0.29, 0.717) is 13.2 Å². The lowest BCUT2D eigenvalue weighted by atomic mass is 10.1. The highest BCUT2D eigenvalue weighted by atomic mass is 16.5. The van der Waals surface area contributed by atoms with E-state index in [4.69, 9.17) is 4.74 Å². The van der Waals surface area contributed by atoms with Crippen LogP contribution in [0, 0.1) is 0 Å². The lowest BCUT2D eigenvalue weighted by molar-refractivity contribution is 0.237. The van der Waals surface area contributed by atoms with Gasteiger partial charge in [0.25, 0.3) is 0 Å². The second-order valence-corrected chi connectivity index (χ2v) is 4.48. The zero-order valence-corrected chi connectivity index (χ0v) is 12.0. The molecule has 1 atom stereocenters. The third kappa shape index (κ3) is 5.64. The fourth-order valence-corrected chi connectivity index (χ4v) is 1.75. The zero-order chi connectivity index (χ0) is 14.1. The fourth-order valence-electron chi connectivity index (χ4n) is 1.75. The Morgan fingerprint density at radius 2 is 2.16 bits per heavy atom. The highest BCUT2D eigenvalue weighted by Gasteiger charge is 2.09. The third-order valence-corrected chi connectivity index (χ3v) is 2.83. The second-order valence-electron chi connectivity index (χ2n) is 4.48. The van der Waals surface area contributed by atoms with Gasteiger partial charge >= 0.3 is 6.03 Å². The number of ether oxygens (including phenoxy) is 1. The fraction of sp³-hybridized carbons (Fsp3) is 0.533. The van der Waals surface area contributed by atoms with Crippen LogP contribution in [0.15, 0.2) is 24.3 Å². The molecule has 2 amide bonds. The molecule has 1 aromatic rings. The van der Waals surface area contributed by atoms with Crippen molar-refractivity contribution in [2.24, 2.45) is 0 Å². The topological polar surface area (TPSA) is 50.4 Å². The number of rotatable bonds is 7. The first kappa shape index (κ1) is 15.3. The van der Waals surface area contributed by atoms with Crippen molar-refractivity contribution in [3.63, 3.8) is 0 Å². The van der Waals surface area contributed by atoms with Gasteiger partial charge in [0, 0.05) is 6.54 Å². The van der Waals surface area contributed by atoms with Gasteiger partial charge in [0.15, 0.2) is 0 Å². The Bertz CT molecular complexity index is 393. The van der Waals surface area contributed by atoms with Crippen molar-refractivity contribution in [1.29, 1.82) is 0 Å². The van der Waals surface area contributed by atoms with E-state index in [1.807, 2.05) is 38.1 Å². The Morgan fingerprint density at radius 3 is 2.84 bits per heavy atom. The van der Waals surface area contributed by atoms with Gasteiger partial charge in [-0.1, -0.05) is 25.5 Å². The molecule has 0 aliphatic carbocycles. The maximum atomic E-state index is 11.7. The van der Waals surface area contributed by atoms with Crippen LogP contribution in [-0.2, 0) is 0 Å². The third-order valence-electron chi connectivity index (χ3n) is 2.83. The molecule has 4 nitrogen and oxygen atoms in total. The standard InChI is InChI=1S/C15H24N2O2/c1-4-6-10-16-15(18)17-12(3)13-8-7-9-14(11-13)19-5-2/h7-9,11-12H,4-6,10H2,1-3H3,(H2,16,17,18). The van der Waals surface area contributed by atoms with Gasteiger partial charge in [-0.2, -0.15) is 0 Å². The van der Waals surface area contributed by atoms with E-state index < -0.39 is 0 Å². The maximum absolute atomic E-state index is 11.7. The van der Waals surface area contributed by atoms with E-state index in [0.717, 1.165) is 24.2 Å². The molecule has 106 valence electrons. The molecule has 1 rings (SSSR count). The van der Waals surface area contributed by atoms with Gasteiger partial charge in [0.1, 0.15) is 5.75 Å². The summed E-state index contributed by atoms with van der Waals surface area (Å²) in [4.78, 5) is 11.7.